The van der Waals surface area contributed by atoms with E-state index in [1.54, 1.807) is 0 Å². The molecule has 0 amide bonds. The second-order valence-electron chi connectivity index (χ2n) is 4.18. The minimum absolute atomic E-state index is 0.525. The van der Waals surface area contributed by atoms with Gasteiger partial charge in [-0.2, -0.15) is 0 Å². The van der Waals surface area contributed by atoms with Crippen LogP contribution in [-0.2, 0) is 18.0 Å². The Hall–Kier alpha value is 0.0569. The van der Waals surface area contributed by atoms with E-state index in [0.29, 0.717) is 25.9 Å². The minimum atomic E-state index is -2.39. The summed E-state index contributed by atoms with van der Waals surface area (Å²) < 4.78 is 22.6. The Morgan fingerprint density at radius 1 is 1.00 bits per heavy atom. The molecule has 1 rings (SSSR count). The van der Waals surface area contributed by atoms with Crippen molar-refractivity contribution >= 4 is 8.80 Å². The number of rotatable bonds is 11. The van der Waals surface area contributed by atoms with Crippen LogP contribution < -0.4 is 0 Å². The Morgan fingerprint density at radius 2 is 1.53 bits per heavy atom. The van der Waals surface area contributed by atoms with E-state index < -0.39 is 8.80 Å². The molecular weight excluding hydrogens is 236 g/mol. The van der Waals surface area contributed by atoms with Crippen LogP contribution >= 0.6 is 0 Å². The van der Waals surface area contributed by atoms with E-state index in [-0.39, 0.29) is 0 Å². The molecule has 0 unspecified atom stereocenters. The highest BCUT2D eigenvalue weighted by Crippen LogP contribution is 2.22. The van der Waals surface area contributed by atoms with Gasteiger partial charge in [-0.25, -0.2) is 0 Å². The predicted octanol–water partition coefficient (Wildman–Crippen LogP) is 2.60. The van der Waals surface area contributed by atoms with Gasteiger partial charge < -0.3 is 18.0 Å². The largest absolute Gasteiger partial charge is 0.500 e. The normalized spacial score (nSPS) is 19.6. The zero-order chi connectivity index (χ0) is 12.6. The van der Waals surface area contributed by atoms with Gasteiger partial charge in [0.15, 0.2) is 0 Å². The fraction of sp³-hybridized carbons (Fsp3) is 1.00. The molecule has 1 fully saturated rings. The molecule has 0 aliphatic carbocycles. The van der Waals surface area contributed by atoms with Crippen molar-refractivity contribution in [2.75, 3.05) is 26.4 Å². The van der Waals surface area contributed by atoms with Crippen molar-refractivity contribution in [2.24, 2.45) is 0 Å². The molecule has 0 bridgehead atoms. The average Bonchev–Trinajstić information content (AvgIpc) is 3.09. The summed E-state index contributed by atoms with van der Waals surface area (Å²) in [6, 6.07) is 0.926. The van der Waals surface area contributed by atoms with E-state index >= 15 is 0 Å². The molecule has 0 spiro atoms. The maximum atomic E-state index is 5.80. The zero-order valence-corrected chi connectivity index (χ0v) is 12.4. The monoisotopic (exact) mass is 262 g/mol. The number of epoxide rings is 1. The fourth-order valence-electron chi connectivity index (χ4n) is 1.95. The molecule has 1 saturated heterocycles. The summed E-state index contributed by atoms with van der Waals surface area (Å²) in [5, 5.41) is 0. The number of ether oxygens (including phenoxy) is 1. The molecular formula is C12H26O4Si. The van der Waals surface area contributed by atoms with E-state index in [9.17, 15) is 0 Å². The Bertz CT molecular complexity index is 180. The van der Waals surface area contributed by atoms with Crippen molar-refractivity contribution in [1.82, 2.24) is 0 Å². The van der Waals surface area contributed by atoms with Crippen LogP contribution in [0.3, 0.4) is 0 Å². The highest BCUT2D eigenvalue weighted by Gasteiger charge is 2.39. The minimum Gasteiger partial charge on any atom is -0.374 e. The van der Waals surface area contributed by atoms with Gasteiger partial charge in [-0.1, -0.05) is 6.42 Å². The Morgan fingerprint density at radius 3 is 1.94 bits per heavy atom. The molecule has 1 heterocycles. The van der Waals surface area contributed by atoms with Crippen LogP contribution in [0, 0.1) is 0 Å². The summed E-state index contributed by atoms with van der Waals surface area (Å²) in [6.45, 7) is 8.94. The van der Waals surface area contributed by atoms with Gasteiger partial charge in [0, 0.05) is 25.9 Å². The van der Waals surface area contributed by atoms with Crippen LogP contribution in [0.15, 0.2) is 0 Å². The molecule has 1 aliphatic heterocycles. The lowest BCUT2D eigenvalue weighted by Gasteiger charge is -2.28. The van der Waals surface area contributed by atoms with E-state index in [2.05, 4.69) is 0 Å². The number of hydrogen-bond donors (Lipinski definition) is 0. The summed E-state index contributed by atoms with van der Waals surface area (Å²) in [5.41, 5.74) is 0. The molecule has 1 aliphatic rings. The maximum absolute atomic E-state index is 5.80. The third kappa shape index (κ3) is 5.97. The van der Waals surface area contributed by atoms with Gasteiger partial charge in [-0.05, 0) is 33.6 Å². The van der Waals surface area contributed by atoms with Crippen LogP contribution in [-0.4, -0.2) is 41.3 Å². The molecule has 5 heteroatoms. The van der Waals surface area contributed by atoms with Crippen molar-refractivity contribution in [2.45, 2.75) is 52.2 Å². The third-order valence-corrected chi connectivity index (χ3v) is 5.91. The highest BCUT2D eigenvalue weighted by molar-refractivity contribution is 6.60. The lowest BCUT2D eigenvalue weighted by atomic mass is 10.2. The van der Waals surface area contributed by atoms with Crippen LogP contribution in [0.2, 0.25) is 6.04 Å². The van der Waals surface area contributed by atoms with E-state index in [1.165, 1.54) is 6.42 Å². The van der Waals surface area contributed by atoms with E-state index in [4.69, 9.17) is 18.0 Å². The average molecular weight is 262 g/mol. The van der Waals surface area contributed by atoms with Crippen molar-refractivity contribution < 1.29 is 18.0 Å². The molecule has 102 valence electrons. The molecule has 0 radical (unpaired) electrons. The van der Waals surface area contributed by atoms with Crippen molar-refractivity contribution in [3.63, 3.8) is 0 Å². The standard InChI is InChI=1S/C12H26O4Si/c1-4-14-17(15-5-2,16-6-3)10-8-7-9-12-11-13-12/h12H,4-11H2,1-3H3/t12-/m0/s1. The molecule has 0 saturated carbocycles. The first-order valence-corrected chi connectivity index (χ1v) is 8.73. The summed E-state index contributed by atoms with van der Waals surface area (Å²) in [7, 11) is -2.39. The van der Waals surface area contributed by atoms with Crippen molar-refractivity contribution in [1.29, 1.82) is 0 Å². The fourth-order valence-corrected chi connectivity index (χ4v) is 4.63. The number of hydrogen-bond acceptors (Lipinski definition) is 4. The van der Waals surface area contributed by atoms with Crippen LogP contribution in [0.25, 0.3) is 0 Å². The SMILES string of the molecule is CCO[Si](CCCC[C@H]1CO1)(OCC)OCC. The Kier molecular flexibility index (Phi) is 7.30. The van der Waals surface area contributed by atoms with E-state index in [0.717, 1.165) is 25.5 Å². The van der Waals surface area contributed by atoms with Gasteiger partial charge in [0.05, 0.1) is 12.7 Å². The van der Waals surface area contributed by atoms with Gasteiger partial charge in [0.1, 0.15) is 0 Å². The lowest BCUT2D eigenvalue weighted by molar-refractivity contribution is 0.0706. The lowest BCUT2D eigenvalue weighted by Crippen LogP contribution is -2.45. The summed E-state index contributed by atoms with van der Waals surface area (Å²) >= 11 is 0. The molecule has 0 N–H and O–H groups in total. The van der Waals surface area contributed by atoms with Gasteiger partial charge in [-0.3, -0.25) is 0 Å². The van der Waals surface area contributed by atoms with Crippen LogP contribution in [0.1, 0.15) is 40.0 Å². The van der Waals surface area contributed by atoms with Crippen molar-refractivity contribution in [3.8, 4) is 0 Å². The molecule has 17 heavy (non-hydrogen) atoms. The topological polar surface area (TPSA) is 40.2 Å². The van der Waals surface area contributed by atoms with Gasteiger partial charge in [-0.15, -0.1) is 0 Å². The number of unbranched alkanes of at least 4 members (excludes halogenated alkanes) is 1. The first-order chi connectivity index (χ1) is 8.26. The molecule has 0 aromatic rings. The second-order valence-corrected chi connectivity index (χ2v) is 6.92. The van der Waals surface area contributed by atoms with Gasteiger partial charge in [0.2, 0.25) is 0 Å². The Balaban J connectivity index is 2.29. The van der Waals surface area contributed by atoms with Gasteiger partial charge in [0.25, 0.3) is 0 Å². The molecule has 0 aromatic heterocycles. The van der Waals surface area contributed by atoms with E-state index in [1.807, 2.05) is 20.8 Å². The summed E-state index contributed by atoms with van der Waals surface area (Å²) in [4.78, 5) is 0. The smallest absolute Gasteiger partial charge is 0.374 e. The van der Waals surface area contributed by atoms with Gasteiger partial charge >= 0.3 is 8.80 Å². The van der Waals surface area contributed by atoms with Crippen molar-refractivity contribution in [3.05, 3.63) is 0 Å². The maximum Gasteiger partial charge on any atom is 0.500 e. The first kappa shape index (κ1) is 15.1. The Labute approximate surface area is 106 Å². The quantitative estimate of drug-likeness (QED) is 0.326. The predicted molar refractivity (Wildman–Crippen MR) is 69.0 cm³/mol. The zero-order valence-electron chi connectivity index (χ0n) is 11.4. The highest BCUT2D eigenvalue weighted by atomic mass is 28.4. The summed E-state index contributed by atoms with van der Waals surface area (Å²) in [6.07, 6.45) is 3.96. The molecule has 1 atom stereocenters. The molecule has 4 nitrogen and oxygen atoms in total. The third-order valence-electron chi connectivity index (χ3n) is 2.75. The van der Waals surface area contributed by atoms with Crippen LogP contribution in [0.4, 0.5) is 0 Å². The van der Waals surface area contributed by atoms with Crippen LogP contribution in [0.5, 0.6) is 0 Å². The molecule has 0 aromatic carbocycles. The second kappa shape index (κ2) is 8.21. The summed E-state index contributed by atoms with van der Waals surface area (Å²) in [5.74, 6) is 0. The first-order valence-electron chi connectivity index (χ1n) is 6.79.